The van der Waals surface area contributed by atoms with Crippen molar-refractivity contribution in [2.45, 2.75) is 31.3 Å². The number of nitrogens with two attached hydrogens (primary N) is 1. The largest absolute Gasteiger partial charge is 0.328 e. The van der Waals surface area contributed by atoms with E-state index in [0.717, 1.165) is 6.04 Å². The molecule has 0 amide bonds. The number of hydrogen-bond acceptors (Lipinski definition) is 3. The molecule has 2 nitrogen and oxygen atoms in total. The lowest BCUT2D eigenvalue weighted by atomic mass is 9.86. The molecule has 0 radical (unpaired) electrons. The summed E-state index contributed by atoms with van der Waals surface area (Å²) in [6.45, 7) is 2.60. The maximum absolute atomic E-state index is 5.78. The van der Waals surface area contributed by atoms with Gasteiger partial charge in [0.25, 0.3) is 0 Å². The van der Waals surface area contributed by atoms with E-state index in [1.807, 2.05) is 0 Å². The van der Waals surface area contributed by atoms with Gasteiger partial charge >= 0.3 is 0 Å². The van der Waals surface area contributed by atoms with Crippen molar-refractivity contribution in [1.82, 2.24) is 4.90 Å². The molecule has 2 aliphatic rings. The molecule has 70 valence electrons. The predicted molar refractivity (Wildman–Crippen MR) is 54.5 cm³/mol. The quantitative estimate of drug-likeness (QED) is 0.660. The molecule has 0 aromatic heterocycles. The molecular formula is C9H18N2S. The van der Waals surface area contributed by atoms with Crippen molar-refractivity contribution in [3.63, 3.8) is 0 Å². The molecule has 12 heavy (non-hydrogen) atoms. The number of nitrogens with zero attached hydrogens (tertiary/aromatic N) is 1. The molecule has 0 bridgehead atoms. The van der Waals surface area contributed by atoms with Crippen LogP contribution < -0.4 is 5.73 Å². The molecule has 1 saturated heterocycles. The van der Waals surface area contributed by atoms with Gasteiger partial charge in [-0.3, -0.25) is 4.90 Å². The van der Waals surface area contributed by atoms with Gasteiger partial charge in [-0.05, 0) is 31.6 Å². The molecule has 0 spiro atoms. The molecular weight excluding hydrogens is 168 g/mol. The number of hydrogen-bond donors (Lipinski definition) is 1. The second-order valence-electron chi connectivity index (χ2n) is 3.89. The van der Waals surface area contributed by atoms with Crippen molar-refractivity contribution in [2.75, 3.05) is 24.6 Å². The van der Waals surface area contributed by atoms with E-state index in [0.29, 0.717) is 6.04 Å². The molecule has 0 unspecified atom stereocenters. The van der Waals surface area contributed by atoms with Gasteiger partial charge in [0.2, 0.25) is 0 Å². The van der Waals surface area contributed by atoms with Crippen LogP contribution in [0.5, 0.6) is 0 Å². The summed E-state index contributed by atoms with van der Waals surface area (Å²) in [6, 6.07) is 1.34. The topological polar surface area (TPSA) is 29.3 Å². The van der Waals surface area contributed by atoms with E-state index >= 15 is 0 Å². The van der Waals surface area contributed by atoms with Gasteiger partial charge in [0.15, 0.2) is 0 Å². The van der Waals surface area contributed by atoms with Gasteiger partial charge < -0.3 is 5.73 Å². The van der Waals surface area contributed by atoms with E-state index in [2.05, 4.69) is 16.7 Å². The van der Waals surface area contributed by atoms with Crippen molar-refractivity contribution in [2.24, 2.45) is 5.73 Å². The van der Waals surface area contributed by atoms with Crippen LogP contribution >= 0.6 is 11.8 Å². The molecule has 1 heterocycles. The third-order valence-corrected chi connectivity index (χ3v) is 3.97. The van der Waals surface area contributed by atoms with Crippen molar-refractivity contribution in [3.8, 4) is 0 Å². The average Bonchev–Trinajstić information content (AvgIpc) is 2.26. The Morgan fingerprint density at radius 1 is 1.17 bits per heavy atom. The molecule has 3 heteroatoms. The smallest absolute Gasteiger partial charge is 0.0125 e. The first-order chi connectivity index (χ1) is 5.86. The summed E-state index contributed by atoms with van der Waals surface area (Å²) in [7, 11) is 0. The minimum Gasteiger partial charge on any atom is -0.328 e. The van der Waals surface area contributed by atoms with Gasteiger partial charge in [0.05, 0.1) is 0 Å². The molecule has 0 aromatic carbocycles. The van der Waals surface area contributed by atoms with Gasteiger partial charge in [0, 0.05) is 24.4 Å². The van der Waals surface area contributed by atoms with E-state index < -0.39 is 0 Å². The van der Waals surface area contributed by atoms with E-state index in [9.17, 15) is 0 Å². The second kappa shape index (κ2) is 3.99. The summed E-state index contributed by atoms with van der Waals surface area (Å²) < 4.78 is 0. The third kappa shape index (κ3) is 1.95. The molecule has 2 fully saturated rings. The lowest BCUT2D eigenvalue weighted by Crippen LogP contribution is -2.51. The van der Waals surface area contributed by atoms with Crippen LogP contribution in [0, 0.1) is 0 Å². The van der Waals surface area contributed by atoms with Crippen LogP contribution in [-0.4, -0.2) is 41.6 Å². The Morgan fingerprint density at radius 3 is 2.75 bits per heavy atom. The highest BCUT2D eigenvalue weighted by molar-refractivity contribution is 7.99. The summed E-state index contributed by atoms with van der Waals surface area (Å²) in [5.74, 6) is 2.68. The molecule has 1 aliphatic carbocycles. The van der Waals surface area contributed by atoms with Crippen molar-refractivity contribution in [3.05, 3.63) is 0 Å². The fourth-order valence-electron chi connectivity index (χ4n) is 2.06. The Hall–Kier alpha value is 0.270. The Morgan fingerprint density at radius 2 is 2.00 bits per heavy atom. The molecule has 0 aromatic rings. The Balaban J connectivity index is 1.78. The first kappa shape index (κ1) is 8.85. The summed E-state index contributed by atoms with van der Waals surface area (Å²) in [6.07, 6.45) is 3.85. The summed E-state index contributed by atoms with van der Waals surface area (Å²) in [5.41, 5.74) is 5.78. The van der Waals surface area contributed by atoms with Gasteiger partial charge in [0.1, 0.15) is 0 Å². The first-order valence-corrected chi connectivity index (χ1v) is 6.09. The zero-order chi connectivity index (χ0) is 8.39. The van der Waals surface area contributed by atoms with Crippen molar-refractivity contribution in [1.29, 1.82) is 0 Å². The fraction of sp³-hybridized carbons (Fsp3) is 1.00. The number of thioether (sulfide) groups is 1. The molecule has 2 N–H and O–H groups in total. The van der Waals surface area contributed by atoms with Crippen LogP contribution in [-0.2, 0) is 0 Å². The summed E-state index contributed by atoms with van der Waals surface area (Å²) >= 11 is 2.10. The zero-order valence-electron chi connectivity index (χ0n) is 7.54. The monoisotopic (exact) mass is 186 g/mol. The Labute approximate surface area is 78.9 Å². The summed E-state index contributed by atoms with van der Waals surface area (Å²) in [4.78, 5) is 2.64. The van der Waals surface area contributed by atoms with E-state index in [4.69, 9.17) is 5.73 Å². The SMILES string of the molecule is NC1CC(N2CCCSCC2)C1. The second-order valence-corrected chi connectivity index (χ2v) is 5.11. The highest BCUT2D eigenvalue weighted by atomic mass is 32.2. The molecule has 2 rings (SSSR count). The van der Waals surface area contributed by atoms with Crippen LogP contribution in [0.3, 0.4) is 0 Å². The van der Waals surface area contributed by atoms with Gasteiger partial charge in [-0.1, -0.05) is 0 Å². The van der Waals surface area contributed by atoms with Gasteiger partial charge in [-0.25, -0.2) is 0 Å². The third-order valence-electron chi connectivity index (χ3n) is 2.92. The standard InChI is InChI=1S/C9H18N2S/c10-8-6-9(7-8)11-2-1-4-12-5-3-11/h8-9H,1-7,10H2. The van der Waals surface area contributed by atoms with Crippen molar-refractivity contribution < 1.29 is 0 Å². The molecule has 0 atom stereocenters. The number of rotatable bonds is 1. The average molecular weight is 186 g/mol. The maximum atomic E-state index is 5.78. The predicted octanol–water partition coefficient (Wildman–Crippen LogP) is 0.915. The van der Waals surface area contributed by atoms with Crippen LogP contribution in [0.1, 0.15) is 19.3 Å². The lowest BCUT2D eigenvalue weighted by Gasteiger charge is -2.40. The highest BCUT2D eigenvalue weighted by Crippen LogP contribution is 2.25. The van der Waals surface area contributed by atoms with Crippen molar-refractivity contribution >= 4 is 11.8 Å². The molecule has 1 aliphatic heterocycles. The van der Waals surface area contributed by atoms with Crippen LogP contribution in [0.15, 0.2) is 0 Å². The van der Waals surface area contributed by atoms with Crippen LogP contribution in [0.2, 0.25) is 0 Å². The Kier molecular flexibility index (Phi) is 2.94. The minimum absolute atomic E-state index is 0.505. The van der Waals surface area contributed by atoms with Crippen LogP contribution in [0.25, 0.3) is 0 Å². The van der Waals surface area contributed by atoms with Gasteiger partial charge in [-0.2, -0.15) is 11.8 Å². The lowest BCUT2D eigenvalue weighted by molar-refractivity contribution is 0.119. The molecule has 1 saturated carbocycles. The van der Waals surface area contributed by atoms with E-state index in [1.165, 1.54) is 43.9 Å². The first-order valence-electron chi connectivity index (χ1n) is 4.93. The Bertz CT molecular complexity index is 137. The van der Waals surface area contributed by atoms with E-state index in [1.54, 1.807) is 0 Å². The normalized spacial score (nSPS) is 38.8. The highest BCUT2D eigenvalue weighted by Gasteiger charge is 2.30. The van der Waals surface area contributed by atoms with E-state index in [-0.39, 0.29) is 0 Å². The fourth-order valence-corrected chi connectivity index (χ4v) is 2.96. The van der Waals surface area contributed by atoms with Crippen LogP contribution in [0.4, 0.5) is 0 Å². The summed E-state index contributed by atoms with van der Waals surface area (Å²) in [5, 5.41) is 0. The van der Waals surface area contributed by atoms with Gasteiger partial charge in [-0.15, -0.1) is 0 Å². The maximum Gasteiger partial charge on any atom is 0.0125 e. The zero-order valence-corrected chi connectivity index (χ0v) is 8.35. The minimum atomic E-state index is 0.505.